The van der Waals surface area contributed by atoms with E-state index in [4.69, 9.17) is 9.47 Å². The lowest BCUT2D eigenvalue weighted by atomic mass is 9.89. The highest BCUT2D eigenvalue weighted by molar-refractivity contribution is 5.98. The largest absolute Gasteiger partial charge is 0.489 e. The first-order valence-electron chi connectivity index (χ1n) is 12.6. The molecule has 1 saturated heterocycles. The molecule has 0 saturated carbocycles. The zero-order chi connectivity index (χ0) is 26.3. The van der Waals surface area contributed by atoms with Crippen LogP contribution in [0.1, 0.15) is 67.9 Å². The highest BCUT2D eigenvalue weighted by Crippen LogP contribution is 2.41. The Kier molecular flexibility index (Phi) is 6.39. The lowest BCUT2D eigenvalue weighted by Crippen LogP contribution is -2.43. The number of amides is 2. The molecule has 2 aromatic rings. The fourth-order valence-corrected chi connectivity index (χ4v) is 5.47. The molecule has 2 amide bonds. The van der Waals surface area contributed by atoms with Crippen molar-refractivity contribution >= 4 is 23.3 Å². The molecule has 3 heterocycles. The fraction of sp³-hybridized carbons (Fsp3) is 0.429. The van der Waals surface area contributed by atoms with E-state index in [1.165, 1.54) is 12.1 Å². The number of hydrogen-bond donors (Lipinski definition) is 1. The van der Waals surface area contributed by atoms with E-state index in [-0.39, 0.29) is 36.4 Å². The number of nitrogens with zero attached hydrogens (tertiary/aromatic N) is 2. The predicted molar refractivity (Wildman–Crippen MR) is 137 cm³/mol. The molecule has 2 aromatic carbocycles. The van der Waals surface area contributed by atoms with Crippen molar-refractivity contribution in [2.24, 2.45) is 0 Å². The van der Waals surface area contributed by atoms with E-state index in [2.05, 4.69) is 5.32 Å². The van der Waals surface area contributed by atoms with Crippen molar-refractivity contribution in [3.05, 3.63) is 74.8 Å². The van der Waals surface area contributed by atoms with Crippen molar-refractivity contribution in [2.75, 3.05) is 6.61 Å². The number of fused-ring (bicyclic) bond motifs is 3. The van der Waals surface area contributed by atoms with Gasteiger partial charge < -0.3 is 19.7 Å². The van der Waals surface area contributed by atoms with E-state index in [1.54, 1.807) is 18.2 Å². The molecule has 0 aliphatic carbocycles. The van der Waals surface area contributed by atoms with Crippen molar-refractivity contribution in [2.45, 2.75) is 70.7 Å². The van der Waals surface area contributed by atoms with Crippen LogP contribution in [0.25, 0.3) is 5.57 Å². The third-order valence-electron chi connectivity index (χ3n) is 7.18. The molecule has 3 aliphatic heterocycles. The topological polar surface area (TPSA) is 111 Å². The summed E-state index contributed by atoms with van der Waals surface area (Å²) >= 11 is 0. The summed E-state index contributed by atoms with van der Waals surface area (Å²) in [5.74, 6) is 0.496. The summed E-state index contributed by atoms with van der Waals surface area (Å²) in [5.41, 5.74) is 3.97. The molecule has 3 aliphatic rings. The SMILES string of the molecule is CC(C)(C)OC(=O)N1C2CCC1CC(c1ccc([N+](=O)[O-])cc1)=C(COc1ccc3c(c1)C(=O)NC3)C2. The maximum Gasteiger partial charge on any atom is 0.410 e. The number of carbonyl (C=O) groups is 2. The molecular weight excluding hydrogens is 474 g/mol. The van der Waals surface area contributed by atoms with Crippen molar-refractivity contribution in [3.8, 4) is 5.75 Å². The van der Waals surface area contributed by atoms with E-state index in [9.17, 15) is 19.7 Å². The summed E-state index contributed by atoms with van der Waals surface area (Å²) in [5, 5.41) is 14.0. The van der Waals surface area contributed by atoms with Gasteiger partial charge in [-0.25, -0.2) is 4.79 Å². The van der Waals surface area contributed by atoms with E-state index in [0.29, 0.717) is 30.7 Å². The first-order chi connectivity index (χ1) is 17.6. The molecule has 0 aromatic heterocycles. The van der Waals surface area contributed by atoms with Crippen LogP contribution in [0.3, 0.4) is 0 Å². The summed E-state index contributed by atoms with van der Waals surface area (Å²) in [6.45, 7) is 6.40. The van der Waals surface area contributed by atoms with Gasteiger partial charge >= 0.3 is 6.09 Å². The lowest BCUT2D eigenvalue weighted by molar-refractivity contribution is -0.384. The number of nitro groups is 1. The first-order valence-corrected chi connectivity index (χ1v) is 12.6. The number of carbonyl (C=O) groups excluding carboxylic acids is 2. The monoisotopic (exact) mass is 505 g/mol. The van der Waals surface area contributed by atoms with Gasteiger partial charge in [0.05, 0.1) is 4.92 Å². The van der Waals surface area contributed by atoms with Gasteiger partial charge in [-0.2, -0.15) is 0 Å². The van der Waals surface area contributed by atoms with E-state index in [1.807, 2.05) is 37.8 Å². The first kappa shape index (κ1) is 24.8. The van der Waals surface area contributed by atoms with E-state index in [0.717, 1.165) is 35.1 Å². The normalized spacial score (nSPS) is 20.8. The highest BCUT2D eigenvalue weighted by atomic mass is 16.6. The molecule has 37 heavy (non-hydrogen) atoms. The average molecular weight is 506 g/mol. The number of ether oxygens (including phenoxy) is 2. The molecule has 1 N–H and O–H groups in total. The number of benzene rings is 2. The molecule has 0 spiro atoms. The molecule has 9 nitrogen and oxygen atoms in total. The highest BCUT2D eigenvalue weighted by Gasteiger charge is 2.42. The van der Waals surface area contributed by atoms with E-state index >= 15 is 0 Å². The Labute approximate surface area is 215 Å². The van der Waals surface area contributed by atoms with Gasteiger partial charge in [0.25, 0.3) is 11.6 Å². The number of hydrogen-bond acceptors (Lipinski definition) is 6. The third-order valence-corrected chi connectivity index (χ3v) is 7.18. The molecule has 0 radical (unpaired) electrons. The van der Waals surface area contributed by atoms with Crippen molar-refractivity contribution in [3.63, 3.8) is 0 Å². The summed E-state index contributed by atoms with van der Waals surface area (Å²) < 4.78 is 11.9. The van der Waals surface area contributed by atoms with Crippen molar-refractivity contribution < 1.29 is 24.0 Å². The molecule has 2 unspecified atom stereocenters. The molecule has 5 rings (SSSR count). The van der Waals surface area contributed by atoms with Crippen LogP contribution < -0.4 is 10.1 Å². The minimum atomic E-state index is -0.594. The average Bonchev–Trinajstić information content (AvgIpc) is 3.36. The number of nitrogens with one attached hydrogen (secondary N) is 1. The smallest absolute Gasteiger partial charge is 0.410 e. The second-order valence-electron chi connectivity index (χ2n) is 10.9. The van der Waals surface area contributed by atoms with Gasteiger partial charge in [0.1, 0.15) is 18.0 Å². The Morgan fingerprint density at radius 3 is 2.49 bits per heavy atom. The Morgan fingerprint density at radius 2 is 1.81 bits per heavy atom. The molecule has 2 atom stereocenters. The maximum atomic E-state index is 13.2. The van der Waals surface area contributed by atoms with Crippen LogP contribution in [0, 0.1) is 10.1 Å². The zero-order valence-corrected chi connectivity index (χ0v) is 21.3. The number of rotatable bonds is 5. The van der Waals surface area contributed by atoms with Crippen LogP contribution in [0.4, 0.5) is 10.5 Å². The predicted octanol–water partition coefficient (Wildman–Crippen LogP) is 5.23. The minimum absolute atomic E-state index is 0.0141. The van der Waals surface area contributed by atoms with Gasteiger partial charge in [0.15, 0.2) is 0 Å². The summed E-state index contributed by atoms with van der Waals surface area (Å²) in [6, 6.07) is 12.0. The standard InChI is InChI=1S/C28H31N3O6/c1-28(2,3)37-27(33)30-21-9-10-22(30)13-24(17-4-7-20(8-5-17)31(34)35)19(12-21)16-36-23-11-6-18-15-29-26(32)25(18)14-23/h4-8,11,14,21-22H,9-10,12-13,15-16H2,1-3H3,(H,29,32). The Morgan fingerprint density at radius 1 is 1.11 bits per heavy atom. The fourth-order valence-electron chi connectivity index (χ4n) is 5.47. The Hall–Kier alpha value is -3.88. The van der Waals surface area contributed by atoms with Gasteiger partial charge in [-0.1, -0.05) is 6.07 Å². The van der Waals surface area contributed by atoms with Crippen LogP contribution in [0.5, 0.6) is 5.75 Å². The second-order valence-corrected chi connectivity index (χ2v) is 10.9. The minimum Gasteiger partial charge on any atom is -0.489 e. The zero-order valence-electron chi connectivity index (χ0n) is 21.3. The van der Waals surface area contributed by atoms with Crippen LogP contribution in [-0.2, 0) is 11.3 Å². The van der Waals surface area contributed by atoms with E-state index < -0.39 is 10.5 Å². The summed E-state index contributed by atoms with van der Waals surface area (Å²) in [7, 11) is 0. The lowest BCUT2D eigenvalue weighted by Gasteiger charge is -2.31. The van der Waals surface area contributed by atoms with Gasteiger partial charge in [0, 0.05) is 36.3 Å². The quantitative estimate of drug-likeness (QED) is 0.440. The Balaban J connectivity index is 1.45. The van der Waals surface area contributed by atoms with Gasteiger partial charge in [0.2, 0.25) is 0 Å². The van der Waals surface area contributed by atoms with Gasteiger partial charge in [-0.15, -0.1) is 0 Å². The molecule has 9 heteroatoms. The molecule has 1 fully saturated rings. The van der Waals surface area contributed by atoms with Crippen LogP contribution in [-0.4, -0.2) is 46.1 Å². The van der Waals surface area contributed by atoms with Crippen LogP contribution >= 0.6 is 0 Å². The van der Waals surface area contributed by atoms with Crippen LogP contribution in [0.15, 0.2) is 48.0 Å². The molecule has 2 bridgehead atoms. The van der Waals surface area contributed by atoms with Gasteiger partial charge in [-0.3, -0.25) is 14.9 Å². The summed E-state index contributed by atoms with van der Waals surface area (Å²) in [4.78, 5) is 37.9. The molecular formula is C28H31N3O6. The second kappa shape index (κ2) is 9.53. The van der Waals surface area contributed by atoms with Crippen molar-refractivity contribution in [1.82, 2.24) is 10.2 Å². The summed E-state index contributed by atoms with van der Waals surface area (Å²) in [6.07, 6.45) is 2.66. The Bertz CT molecular complexity index is 1280. The maximum absolute atomic E-state index is 13.2. The van der Waals surface area contributed by atoms with Crippen LogP contribution in [0.2, 0.25) is 0 Å². The number of nitro benzene ring substituents is 1. The third kappa shape index (κ3) is 5.16. The van der Waals surface area contributed by atoms with Crippen molar-refractivity contribution in [1.29, 1.82) is 0 Å². The van der Waals surface area contributed by atoms with Gasteiger partial charge in [-0.05, 0) is 93.0 Å². The number of non-ortho nitro benzene ring substituents is 1. The molecule has 194 valence electrons.